The molecule has 4 heteroatoms. The maximum Gasteiger partial charge on any atom is 2.00 e. The molecule has 0 bridgehead atoms. The fraction of sp³-hybridized carbons (Fsp3) is 0.400. The second-order valence-corrected chi connectivity index (χ2v) is 2.04. The molecule has 0 unspecified atom stereocenters. The average Bonchev–Trinajstić information content (AvgIpc) is 1.62. The van der Waals surface area contributed by atoms with Gasteiger partial charge in [0.2, 0.25) is 0 Å². The van der Waals surface area contributed by atoms with Gasteiger partial charge in [-0.1, -0.05) is 19.3 Å². The van der Waals surface area contributed by atoms with Crippen LogP contribution in [0.4, 0.5) is 0 Å². The Hall–Kier alpha value is 1.16. The molecule has 1 rings (SSSR count). The summed E-state index contributed by atoms with van der Waals surface area (Å²) in [5.74, 6) is 0. The third-order valence-corrected chi connectivity index (χ3v) is 1.29. The molecule has 0 aromatic rings. The van der Waals surface area contributed by atoms with E-state index in [1.165, 1.54) is 19.3 Å². The van der Waals surface area contributed by atoms with Crippen LogP contribution in [0, 0.1) is 20.9 Å². The zero-order chi connectivity index (χ0) is 5.66. The van der Waals surface area contributed by atoms with Crippen LogP contribution < -0.4 is 24.8 Å². The predicted molar refractivity (Wildman–Crippen MR) is 59.6 cm³/mol. The summed E-state index contributed by atoms with van der Waals surface area (Å²) >= 11 is 0. The van der Waals surface area contributed by atoms with Crippen molar-refractivity contribution in [3.8, 4) is 0 Å². The van der Waals surface area contributed by atoms with E-state index in [1.807, 2.05) is 6.08 Å². The van der Waals surface area contributed by atoms with Gasteiger partial charge in [-0.3, -0.25) is 6.08 Å². The fourth-order valence-electron chi connectivity index (χ4n) is 0.805. The molecule has 0 N–H and O–H groups in total. The van der Waals surface area contributed by atoms with Gasteiger partial charge in [0.05, 0.1) is 0 Å². The topological polar surface area (TPSA) is 0 Å². The summed E-state index contributed by atoms with van der Waals surface area (Å²) in [6.07, 6.45) is 14.5. The summed E-state index contributed by atoms with van der Waals surface area (Å²) in [5.41, 5.74) is 0. The number of hydrogen-bond donors (Lipinski definition) is 0. The molecule has 86 valence electrons. The molecule has 0 saturated carbocycles. The van der Waals surface area contributed by atoms with Gasteiger partial charge < -0.3 is 39.7 Å². The molecule has 0 amide bonds. The van der Waals surface area contributed by atoms with E-state index in [9.17, 15) is 0 Å². The monoisotopic (exact) mass is 329 g/mol. The minimum atomic E-state index is 0. The standard InChI is InChI=1S/C8H11.2CH3.2ClH.H4Si.Zr/c1-2-4-6-8-7-5-3-1;;;;;;/h1-3H,4,6-8H2;2*1H3;2*1H;1H4;/q3*-1;;;;+2/p-2/b2-1-;;;;;;. The van der Waals surface area contributed by atoms with E-state index in [-0.39, 0.29) is 76.8 Å². The first kappa shape index (κ1) is 36.2. The van der Waals surface area contributed by atoms with Gasteiger partial charge in [0, 0.05) is 0 Å². The molecule has 0 fully saturated rings. The number of halogens is 2. The first-order valence-corrected chi connectivity index (χ1v) is 3.22. The minimum Gasteiger partial charge on any atom is -1.00 e. The zero-order valence-corrected chi connectivity index (χ0v) is 12.3. The normalized spacial score (nSPS) is 13.7. The Bertz CT molecular complexity index is 103. The van der Waals surface area contributed by atoms with Crippen LogP contribution in [0.15, 0.2) is 18.2 Å². The second kappa shape index (κ2) is 29.2. The van der Waals surface area contributed by atoms with Gasteiger partial charge >= 0.3 is 26.2 Å². The quantitative estimate of drug-likeness (QED) is 0.313. The Morgan fingerprint density at radius 1 is 1.00 bits per heavy atom. The van der Waals surface area contributed by atoms with Crippen LogP contribution in [0.2, 0.25) is 0 Å². The van der Waals surface area contributed by atoms with Crippen LogP contribution in [0.25, 0.3) is 0 Å². The van der Waals surface area contributed by atoms with Crippen LogP contribution in [-0.2, 0) is 26.2 Å². The number of rotatable bonds is 0. The average molecular weight is 331 g/mol. The van der Waals surface area contributed by atoms with Crippen molar-refractivity contribution in [2.75, 3.05) is 0 Å². The molecule has 0 aromatic heterocycles. The summed E-state index contributed by atoms with van der Waals surface area (Å²) in [4.78, 5) is 0. The number of hydrogen-bond acceptors (Lipinski definition) is 0. The third-order valence-electron chi connectivity index (χ3n) is 1.29. The summed E-state index contributed by atoms with van der Waals surface area (Å²) in [6.45, 7) is 0. The predicted octanol–water partition coefficient (Wildman–Crippen LogP) is -4.07. The fourth-order valence-corrected chi connectivity index (χ4v) is 0.805. The summed E-state index contributed by atoms with van der Waals surface area (Å²) in [7, 11) is 0. The maximum absolute atomic E-state index is 3.18. The van der Waals surface area contributed by atoms with Crippen LogP contribution in [0.3, 0.4) is 0 Å². The van der Waals surface area contributed by atoms with E-state index in [2.05, 4.69) is 18.2 Å². The van der Waals surface area contributed by atoms with Crippen LogP contribution in [0.5, 0.6) is 0 Å². The number of allylic oxidation sites excluding steroid dienone is 4. The second-order valence-electron chi connectivity index (χ2n) is 2.04. The largest absolute Gasteiger partial charge is 2.00 e. The molecule has 0 aromatic carbocycles. The van der Waals surface area contributed by atoms with Crippen molar-refractivity contribution in [3.05, 3.63) is 39.2 Å². The van der Waals surface area contributed by atoms with Gasteiger partial charge in [0.1, 0.15) is 0 Å². The van der Waals surface area contributed by atoms with Crippen molar-refractivity contribution in [2.45, 2.75) is 25.7 Å². The maximum atomic E-state index is 3.18. The van der Waals surface area contributed by atoms with Crippen molar-refractivity contribution in [1.29, 1.82) is 0 Å². The zero-order valence-electron chi connectivity index (χ0n) is 8.32. The van der Waals surface area contributed by atoms with E-state index in [4.69, 9.17) is 0 Å². The van der Waals surface area contributed by atoms with Gasteiger partial charge in [-0.2, -0.15) is 6.08 Å². The summed E-state index contributed by atoms with van der Waals surface area (Å²) in [6, 6.07) is 0. The van der Waals surface area contributed by atoms with Crippen molar-refractivity contribution in [1.82, 2.24) is 0 Å². The molecule has 0 heterocycles. The molecule has 0 spiro atoms. The van der Waals surface area contributed by atoms with Crippen molar-refractivity contribution >= 4 is 11.0 Å². The Balaban J connectivity index is -0.0000000267. The molecular weight excluding hydrogens is 310 g/mol. The van der Waals surface area contributed by atoms with Gasteiger partial charge in [0.25, 0.3) is 0 Å². The van der Waals surface area contributed by atoms with E-state index >= 15 is 0 Å². The smallest absolute Gasteiger partial charge is 1.00 e. The third kappa shape index (κ3) is 23.2. The summed E-state index contributed by atoms with van der Waals surface area (Å²) < 4.78 is 0. The SMILES string of the molecule is [C-]1=C/C=C\CCCC1.[CH3-].[CH3-].[Cl-].[Cl-].[SiH4].[Zr+2]. The first-order chi connectivity index (χ1) is 4.00. The van der Waals surface area contributed by atoms with Gasteiger partial charge in [-0.05, 0) is 11.0 Å². The molecule has 0 aliphatic heterocycles. The van der Waals surface area contributed by atoms with Crippen molar-refractivity contribution < 1.29 is 51.0 Å². The van der Waals surface area contributed by atoms with E-state index in [0.29, 0.717) is 0 Å². The first-order valence-electron chi connectivity index (χ1n) is 3.22. The van der Waals surface area contributed by atoms with Crippen molar-refractivity contribution in [3.63, 3.8) is 0 Å². The van der Waals surface area contributed by atoms with Gasteiger partial charge in [-0.15, -0.1) is 6.42 Å². The molecule has 0 nitrogen and oxygen atoms in total. The minimum absolute atomic E-state index is 0. The molecule has 1 aliphatic rings. The Labute approximate surface area is 126 Å². The Morgan fingerprint density at radius 2 is 1.57 bits per heavy atom. The Morgan fingerprint density at radius 3 is 2.14 bits per heavy atom. The van der Waals surface area contributed by atoms with E-state index < -0.39 is 0 Å². The van der Waals surface area contributed by atoms with Gasteiger partial charge in [0.15, 0.2) is 0 Å². The van der Waals surface area contributed by atoms with Crippen LogP contribution in [-0.4, -0.2) is 11.0 Å². The van der Waals surface area contributed by atoms with Crippen LogP contribution >= 0.6 is 0 Å². The Kier molecular flexibility index (Phi) is 75.6. The van der Waals surface area contributed by atoms with Gasteiger partial charge in [-0.25, -0.2) is 12.2 Å². The molecular formula is C10H21Cl2SiZr-3. The molecule has 14 heavy (non-hydrogen) atoms. The van der Waals surface area contributed by atoms with E-state index in [0.717, 1.165) is 6.42 Å². The molecule has 0 saturated heterocycles. The van der Waals surface area contributed by atoms with E-state index in [1.54, 1.807) is 0 Å². The molecule has 0 radical (unpaired) electrons. The molecule has 0 atom stereocenters. The van der Waals surface area contributed by atoms with Crippen LogP contribution in [0.1, 0.15) is 25.7 Å². The molecule has 1 aliphatic carbocycles. The van der Waals surface area contributed by atoms with Crippen molar-refractivity contribution in [2.24, 2.45) is 0 Å². The summed E-state index contributed by atoms with van der Waals surface area (Å²) in [5, 5.41) is 0.